The summed E-state index contributed by atoms with van der Waals surface area (Å²) in [6, 6.07) is 12.7. The molecule has 0 radical (unpaired) electrons. The molecule has 5 nitrogen and oxygen atoms in total. The van der Waals surface area contributed by atoms with Gasteiger partial charge in [-0.05, 0) is 30.7 Å². The summed E-state index contributed by atoms with van der Waals surface area (Å²) in [6.45, 7) is 1.83. The summed E-state index contributed by atoms with van der Waals surface area (Å²) in [5.41, 5.74) is 5.29. The molecule has 0 aromatic heterocycles. The molecule has 2 rings (SSSR count). The van der Waals surface area contributed by atoms with E-state index < -0.39 is 23.9 Å². The molecule has 3 N–H and O–H groups in total. The smallest absolute Gasteiger partial charge is 0.416 e. The lowest BCUT2D eigenvalue weighted by Crippen LogP contribution is -2.29. The number of carbonyl (C=O) groups is 2. The zero-order valence-electron chi connectivity index (χ0n) is 15.2. The van der Waals surface area contributed by atoms with Crippen molar-refractivity contribution in [3.8, 4) is 0 Å². The lowest BCUT2D eigenvalue weighted by molar-refractivity contribution is -0.137. The van der Waals surface area contributed by atoms with Gasteiger partial charge in [-0.25, -0.2) is 4.79 Å². The number of carbonyl (C=O) groups excluding carboxylic acids is 2. The Kier molecular flexibility index (Phi) is 7.03. The first-order valence-electron chi connectivity index (χ1n) is 8.68. The van der Waals surface area contributed by atoms with Crippen LogP contribution in [0.5, 0.6) is 0 Å². The van der Waals surface area contributed by atoms with Crippen molar-refractivity contribution in [1.82, 2.24) is 0 Å². The number of alkyl halides is 3. The number of nitrogens with two attached hydrogens (primary N) is 1. The molecule has 0 aliphatic heterocycles. The predicted octanol–water partition coefficient (Wildman–Crippen LogP) is 4.69. The molecule has 2 atom stereocenters. The van der Waals surface area contributed by atoms with Crippen molar-refractivity contribution in [3.05, 3.63) is 65.7 Å². The number of halogens is 3. The highest BCUT2D eigenvalue weighted by Crippen LogP contribution is 2.30. The lowest BCUT2D eigenvalue weighted by Gasteiger charge is -2.21. The number of nitrogens with one attached hydrogen (secondary N) is 1. The summed E-state index contributed by atoms with van der Waals surface area (Å²) in [5.74, 6) is -0.365. The molecule has 8 heteroatoms. The Bertz CT molecular complexity index is 793. The van der Waals surface area contributed by atoms with Crippen molar-refractivity contribution >= 4 is 17.6 Å². The van der Waals surface area contributed by atoms with Crippen LogP contribution in [-0.2, 0) is 15.7 Å². The van der Waals surface area contributed by atoms with Gasteiger partial charge in [0.05, 0.1) is 5.56 Å². The third kappa shape index (κ3) is 6.00. The Morgan fingerprint density at radius 2 is 1.68 bits per heavy atom. The van der Waals surface area contributed by atoms with Crippen molar-refractivity contribution in [2.24, 2.45) is 5.73 Å². The number of amides is 1. The topological polar surface area (TPSA) is 81.4 Å². The molecule has 0 saturated carbocycles. The van der Waals surface area contributed by atoms with Gasteiger partial charge in [0, 0.05) is 23.7 Å². The van der Waals surface area contributed by atoms with Crippen molar-refractivity contribution in [1.29, 1.82) is 0 Å². The van der Waals surface area contributed by atoms with Crippen LogP contribution in [0.4, 0.5) is 23.7 Å². The van der Waals surface area contributed by atoms with Crippen LogP contribution >= 0.6 is 0 Å². The van der Waals surface area contributed by atoms with Crippen LogP contribution in [0.2, 0.25) is 0 Å². The van der Waals surface area contributed by atoms with Gasteiger partial charge in [0.2, 0.25) is 0 Å². The Morgan fingerprint density at radius 1 is 1.07 bits per heavy atom. The predicted molar refractivity (Wildman–Crippen MR) is 98.6 cm³/mol. The van der Waals surface area contributed by atoms with E-state index in [1.165, 1.54) is 12.1 Å². The van der Waals surface area contributed by atoms with Crippen LogP contribution in [0.25, 0.3) is 0 Å². The van der Waals surface area contributed by atoms with Gasteiger partial charge < -0.3 is 15.8 Å². The fourth-order valence-corrected chi connectivity index (χ4v) is 2.70. The molecule has 0 heterocycles. The number of ether oxygens (including phenoxy) is 1. The number of hydrogen-bond acceptors (Lipinski definition) is 4. The van der Waals surface area contributed by atoms with Crippen molar-refractivity contribution < 1.29 is 27.5 Å². The standard InChI is InChI=1S/C20H21F3N2O3/c1-2-15(25-16-10-8-14(9-11-16)20(21,22)23)12-17(26)18(28-19(24)27)13-6-4-3-5-7-13/h3-11,15,18,25H,2,12H2,1H3,(H2,24,27). The second kappa shape index (κ2) is 9.25. The largest absolute Gasteiger partial charge is 0.433 e. The molecule has 2 aromatic carbocycles. The molecule has 0 saturated heterocycles. The second-order valence-electron chi connectivity index (χ2n) is 6.22. The van der Waals surface area contributed by atoms with E-state index in [1.807, 2.05) is 6.92 Å². The normalized spacial score (nSPS) is 13.4. The van der Waals surface area contributed by atoms with Crippen molar-refractivity contribution in [2.45, 2.75) is 38.1 Å². The van der Waals surface area contributed by atoms with E-state index in [2.05, 4.69) is 5.32 Å². The fourth-order valence-electron chi connectivity index (χ4n) is 2.70. The minimum Gasteiger partial charge on any atom is -0.433 e. The maximum Gasteiger partial charge on any atom is 0.416 e. The van der Waals surface area contributed by atoms with Gasteiger partial charge in [-0.3, -0.25) is 4.79 Å². The summed E-state index contributed by atoms with van der Waals surface area (Å²) >= 11 is 0. The average Bonchev–Trinajstić information content (AvgIpc) is 2.65. The summed E-state index contributed by atoms with van der Waals surface area (Å²) in [4.78, 5) is 23.9. The third-order valence-electron chi connectivity index (χ3n) is 4.15. The van der Waals surface area contributed by atoms with E-state index in [9.17, 15) is 22.8 Å². The minimum absolute atomic E-state index is 0.00433. The molecule has 28 heavy (non-hydrogen) atoms. The first-order chi connectivity index (χ1) is 13.2. The van der Waals surface area contributed by atoms with Gasteiger partial charge in [-0.15, -0.1) is 0 Å². The number of hydrogen-bond donors (Lipinski definition) is 2. The maximum absolute atomic E-state index is 12.7. The molecule has 0 aliphatic rings. The molecular formula is C20H21F3N2O3. The Hall–Kier alpha value is -3.03. The number of Topliss-reactive ketones (excluding diaryl/α,β-unsaturated/α-hetero) is 1. The van der Waals surface area contributed by atoms with Crippen LogP contribution in [-0.4, -0.2) is 17.9 Å². The molecule has 0 aliphatic carbocycles. The Morgan fingerprint density at radius 3 is 2.18 bits per heavy atom. The van der Waals surface area contributed by atoms with Crippen LogP contribution in [0.3, 0.4) is 0 Å². The summed E-state index contributed by atoms with van der Waals surface area (Å²) in [6.07, 6.45) is -6.07. The molecule has 0 fully saturated rings. The number of primary amides is 1. The van der Waals surface area contributed by atoms with Gasteiger partial charge in [-0.2, -0.15) is 13.2 Å². The second-order valence-corrected chi connectivity index (χ2v) is 6.22. The molecule has 150 valence electrons. The lowest BCUT2D eigenvalue weighted by atomic mass is 9.98. The van der Waals surface area contributed by atoms with Crippen molar-refractivity contribution in [2.75, 3.05) is 5.32 Å². The number of anilines is 1. The molecule has 2 unspecified atom stereocenters. The van der Waals surface area contributed by atoms with Gasteiger partial charge >= 0.3 is 12.3 Å². The number of ketones is 1. The first-order valence-corrected chi connectivity index (χ1v) is 8.68. The molecule has 2 aromatic rings. The molecule has 1 amide bonds. The van der Waals surface area contributed by atoms with Gasteiger partial charge in [0.15, 0.2) is 11.9 Å². The number of benzene rings is 2. The zero-order valence-corrected chi connectivity index (χ0v) is 15.2. The van der Waals surface area contributed by atoms with E-state index in [4.69, 9.17) is 10.5 Å². The minimum atomic E-state index is -4.41. The van der Waals surface area contributed by atoms with E-state index >= 15 is 0 Å². The van der Waals surface area contributed by atoms with E-state index in [1.54, 1.807) is 30.3 Å². The van der Waals surface area contributed by atoms with E-state index in [0.29, 0.717) is 17.7 Å². The third-order valence-corrected chi connectivity index (χ3v) is 4.15. The molecular weight excluding hydrogens is 373 g/mol. The maximum atomic E-state index is 12.7. The highest BCUT2D eigenvalue weighted by atomic mass is 19.4. The van der Waals surface area contributed by atoms with E-state index in [-0.39, 0.29) is 18.2 Å². The molecule has 0 spiro atoms. The van der Waals surface area contributed by atoms with E-state index in [0.717, 1.165) is 12.1 Å². The van der Waals surface area contributed by atoms with Crippen LogP contribution in [0, 0.1) is 0 Å². The van der Waals surface area contributed by atoms with Crippen LogP contribution in [0.15, 0.2) is 54.6 Å². The van der Waals surface area contributed by atoms with Gasteiger partial charge in [-0.1, -0.05) is 37.3 Å². The van der Waals surface area contributed by atoms with Gasteiger partial charge in [0.1, 0.15) is 0 Å². The number of rotatable bonds is 8. The summed E-state index contributed by atoms with van der Waals surface area (Å²) in [5, 5.41) is 3.04. The Labute approximate surface area is 160 Å². The monoisotopic (exact) mass is 394 g/mol. The van der Waals surface area contributed by atoms with Crippen LogP contribution in [0.1, 0.15) is 37.0 Å². The summed E-state index contributed by atoms with van der Waals surface area (Å²) in [7, 11) is 0. The highest BCUT2D eigenvalue weighted by molar-refractivity contribution is 5.87. The molecule has 0 bridgehead atoms. The summed E-state index contributed by atoms with van der Waals surface area (Å²) < 4.78 is 43.0. The van der Waals surface area contributed by atoms with Crippen molar-refractivity contribution in [3.63, 3.8) is 0 Å². The SMILES string of the molecule is CCC(CC(=O)C(OC(N)=O)c1ccccc1)Nc1ccc(C(F)(F)F)cc1. The van der Waals surface area contributed by atoms with Gasteiger partial charge in [0.25, 0.3) is 0 Å². The first kappa shape index (κ1) is 21.3. The quantitative estimate of drug-likeness (QED) is 0.680. The van der Waals surface area contributed by atoms with Crippen LogP contribution < -0.4 is 11.1 Å². The highest BCUT2D eigenvalue weighted by Gasteiger charge is 2.30. The average molecular weight is 394 g/mol. The fraction of sp³-hybridized carbons (Fsp3) is 0.300. The zero-order chi connectivity index (χ0) is 20.7. The Balaban J connectivity index is 2.09.